The average molecular weight is 237 g/mol. The smallest absolute Gasteiger partial charge is 0.222 e. The highest BCUT2D eigenvalue weighted by Gasteiger charge is 2.22. The number of nitrogens with zero attached hydrogens (tertiary/aromatic N) is 2. The highest BCUT2D eigenvalue weighted by molar-refractivity contribution is 5.48. The molecule has 0 bridgehead atoms. The van der Waals surface area contributed by atoms with Crippen LogP contribution in [0.1, 0.15) is 24.7 Å². The second-order valence-corrected chi connectivity index (χ2v) is 4.20. The van der Waals surface area contributed by atoms with Crippen molar-refractivity contribution >= 4 is 5.82 Å². The summed E-state index contributed by atoms with van der Waals surface area (Å²) in [6, 6.07) is 0. The standard InChI is InChI=1S/C12H19N3O2/c1-4-5-10-14-11(13-3)8(2)12(15-10)17-9-6-16-7-9/h9H,4-7H2,1-3H3,(H,13,14,15). The Labute approximate surface area is 102 Å². The SMILES string of the molecule is CCCc1nc(NC)c(C)c(OC2COC2)n1. The first-order valence-electron chi connectivity index (χ1n) is 6.04. The molecule has 0 radical (unpaired) electrons. The van der Waals surface area contributed by atoms with Crippen molar-refractivity contribution in [1.29, 1.82) is 0 Å². The third-order valence-electron chi connectivity index (χ3n) is 2.74. The van der Waals surface area contributed by atoms with Crippen LogP contribution in [0.15, 0.2) is 0 Å². The van der Waals surface area contributed by atoms with Gasteiger partial charge in [0.2, 0.25) is 5.88 Å². The van der Waals surface area contributed by atoms with Gasteiger partial charge in [0.1, 0.15) is 17.7 Å². The average Bonchev–Trinajstić information content (AvgIpc) is 2.27. The monoisotopic (exact) mass is 237 g/mol. The van der Waals surface area contributed by atoms with E-state index in [4.69, 9.17) is 9.47 Å². The Morgan fingerprint density at radius 3 is 2.71 bits per heavy atom. The minimum absolute atomic E-state index is 0.141. The van der Waals surface area contributed by atoms with Crippen LogP contribution in [-0.2, 0) is 11.2 Å². The van der Waals surface area contributed by atoms with Gasteiger partial charge in [-0.2, -0.15) is 4.98 Å². The molecule has 0 spiro atoms. The van der Waals surface area contributed by atoms with Gasteiger partial charge >= 0.3 is 0 Å². The lowest BCUT2D eigenvalue weighted by atomic mass is 10.2. The van der Waals surface area contributed by atoms with E-state index in [-0.39, 0.29) is 6.10 Å². The summed E-state index contributed by atoms with van der Waals surface area (Å²) in [6.45, 7) is 5.39. The van der Waals surface area contributed by atoms with Gasteiger partial charge in [0.05, 0.1) is 18.8 Å². The van der Waals surface area contributed by atoms with Crippen molar-refractivity contribution in [3.8, 4) is 5.88 Å². The van der Waals surface area contributed by atoms with Gasteiger partial charge in [-0.05, 0) is 13.3 Å². The van der Waals surface area contributed by atoms with E-state index in [2.05, 4.69) is 22.2 Å². The first-order valence-corrected chi connectivity index (χ1v) is 6.04. The van der Waals surface area contributed by atoms with Crippen LogP contribution >= 0.6 is 0 Å². The molecule has 1 saturated heterocycles. The molecule has 94 valence electrons. The Morgan fingerprint density at radius 2 is 2.18 bits per heavy atom. The molecular formula is C12H19N3O2. The first-order chi connectivity index (χ1) is 8.24. The zero-order valence-electron chi connectivity index (χ0n) is 10.6. The third-order valence-corrected chi connectivity index (χ3v) is 2.74. The van der Waals surface area contributed by atoms with Gasteiger partial charge < -0.3 is 14.8 Å². The highest BCUT2D eigenvalue weighted by atomic mass is 16.6. The molecule has 5 nitrogen and oxygen atoms in total. The minimum atomic E-state index is 0.141. The van der Waals surface area contributed by atoms with Crippen LogP contribution in [0.4, 0.5) is 5.82 Å². The molecule has 0 saturated carbocycles. The lowest BCUT2D eigenvalue weighted by Gasteiger charge is -2.27. The van der Waals surface area contributed by atoms with Crippen molar-refractivity contribution in [3.05, 3.63) is 11.4 Å². The molecule has 17 heavy (non-hydrogen) atoms. The maximum absolute atomic E-state index is 5.79. The summed E-state index contributed by atoms with van der Waals surface area (Å²) in [6.07, 6.45) is 2.03. The number of hydrogen-bond acceptors (Lipinski definition) is 5. The van der Waals surface area contributed by atoms with Crippen LogP contribution in [0.3, 0.4) is 0 Å². The molecule has 0 atom stereocenters. The molecule has 2 rings (SSSR count). The van der Waals surface area contributed by atoms with Crippen molar-refractivity contribution < 1.29 is 9.47 Å². The quantitative estimate of drug-likeness (QED) is 0.842. The molecule has 1 aliphatic rings. The summed E-state index contributed by atoms with van der Waals surface area (Å²) in [5.74, 6) is 2.36. The van der Waals surface area contributed by atoms with Crippen LogP contribution < -0.4 is 10.1 Å². The van der Waals surface area contributed by atoms with Crippen LogP contribution in [0.5, 0.6) is 5.88 Å². The zero-order valence-corrected chi connectivity index (χ0v) is 10.6. The van der Waals surface area contributed by atoms with Gasteiger partial charge in [0, 0.05) is 13.5 Å². The van der Waals surface area contributed by atoms with E-state index in [1.807, 2.05) is 14.0 Å². The Morgan fingerprint density at radius 1 is 1.41 bits per heavy atom. The molecule has 2 heterocycles. The highest BCUT2D eigenvalue weighted by Crippen LogP contribution is 2.24. The van der Waals surface area contributed by atoms with Crippen molar-refractivity contribution in [1.82, 2.24) is 9.97 Å². The maximum atomic E-state index is 5.79. The molecule has 5 heteroatoms. The molecule has 0 aliphatic carbocycles. The van der Waals surface area contributed by atoms with Gasteiger partial charge in [-0.15, -0.1) is 0 Å². The zero-order chi connectivity index (χ0) is 12.3. The minimum Gasteiger partial charge on any atom is -0.469 e. The fourth-order valence-corrected chi connectivity index (χ4v) is 1.67. The van der Waals surface area contributed by atoms with Gasteiger partial charge in [0.25, 0.3) is 0 Å². The van der Waals surface area contributed by atoms with E-state index in [1.54, 1.807) is 0 Å². The molecule has 1 N–H and O–H groups in total. The van der Waals surface area contributed by atoms with E-state index in [0.717, 1.165) is 30.0 Å². The predicted molar refractivity (Wildman–Crippen MR) is 65.5 cm³/mol. The van der Waals surface area contributed by atoms with Gasteiger partial charge in [-0.3, -0.25) is 0 Å². The number of aryl methyl sites for hydroxylation is 1. The van der Waals surface area contributed by atoms with E-state index in [1.165, 1.54) is 0 Å². The second-order valence-electron chi connectivity index (χ2n) is 4.20. The maximum Gasteiger partial charge on any atom is 0.222 e. The third kappa shape index (κ3) is 2.66. The van der Waals surface area contributed by atoms with Crippen molar-refractivity contribution in [2.75, 3.05) is 25.6 Å². The van der Waals surface area contributed by atoms with Crippen LogP contribution in [-0.4, -0.2) is 36.3 Å². The van der Waals surface area contributed by atoms with E-state index in [9.17, 15) is 0 Å². The molecule has 0 aromatic carbocycles. The summed E-state index contributed by atoms with van der Waals surface area (Å²) in [7, 11) is 1.86. The van der Waals surface area contributed by atoms with Crippen molar-refractivity contribution in [3.63, 3.8) is 0 Å². The number of rotatable bonds is 5. The molecule has 1 aliphatic heterocycles. The fourth-order valence-electron chi connectivity index (χ4n) is 1.67. The molecule has 1 aromatic heterocycles. The van der Waals surface area contributed by atoms with Crippen molar-refractivity contribution in [2.24, 2.45) is 0 Å². The molecule has 0 unspecified atom stereocenters. The normalized spacial score (nSPS) is 15.5. The lowest BCUT2D eigenvalue weighted by molar-refractivity contribution is -0.0816. The Balaban J connectivity index is 2.23. The Kier molecular flexibility index (Phi) is 3.78. The topological polar surface area (TPSA) is 56.3 Å². The number of nitrogens with one attached hydrogen (secondary N) is 1. The van der Waals surface area contributed by atoms with Crippen LogP contribution in [0.25, 0.3) is 0 Å². The van der Waals surface area contributed by atoms with E-state index >= 15 is 0 Å². The fraction of sp³-hybridized carbons (Fsp3) is 0.667. The summed E-state index contributed by atoms with van der Waals surface area (Å²) < 4.78 is 10.9. The number of ether oxygens (including phenoxy) is 2. The van der Waals surface area contributed by atoms with Gasteiger partial charge in [-0.25, -0.2) is 4.98 Å². The number of hydrogen-bond donors (Lipinski definition) is 1. The van der Waals surface area contributed by atoms with Crippen LogP contribution in [0.2, 0.25) is 0 Å². The van der Waals surface area contributed by atoms with Crippen LogP contribution in [0, 0.1) is 6.92 Å². The van der Waals surface area contributed by atoms with E-state index < -0.39 is 0 Å². The summed E-state index contributed by atoms with van der Waals surface area (Å²) in [4.78, 5) is 8.92. The molecular weight excluding hydrogens is 218 g/mol. The molecule has 1 aromatic rings. The molecule has 1 fully saturated rings. The lowest BCUT2D eigenvalue weighted by Crippen LogP contribution is -2.39. The number of aromatic nitrogens is 2. The Bertz CT molecular complexity index is 392. The summed E-state index contributed by atoms with van der Waals surface area (Å²) in [5, 5.41) is 3.08. The second kappa shape index (κ2) is 5.31. The Hall–Kier alpha value is -1.36. The largest absolute Gasteiger partial charge is 0.469 e. The summed E-state index contributed by atoms with van der Waals surface area (Å²) >= 11 is 0. The van der Waals surface area contributed by atoms with E-state index in [0.29, 0.717) is 19.1 Å². The number of anilines is 1. The summed E-state index contributed by atoms with van der Waals surface area (Å²) in [5.41, 5.74) is 0.958. The van der Waals surface area contributed by atoms with Gasteiger partial charge in [-0.1, -0.05) is 6.92 Å². The van der Waals surface area contributed by atoms with Crippen molar-refractivity contribution in [2.45, 2.75) is 32.8 Å². The first kappa shape index (κ1) is 12.1. The molecule has 0 amide bonds. The van der Waals surface area contributed by atoms with Gasteiger partial charge in [0.15, 0.2) is 0 Å². The predicted octanol–water partition coefficient (Wildman–Crippen LogP) is 1.56.